The van der Waals surface area contributed by atoms with Gasteiger partial charge in [0.15, 0.2) is 0 Å². The number of hydrogen-bond acceptors (Lipinski definition) is 3. The molecule has 110 valence electrons. The van der Waals surface area contributed by atoms with E-state index in [1.807, 2.05) is 13.0 Å². The Bertz CT molecular complexity index is 671. The molecule has 0 aromatic heterocycles. The van der Waals surface area contributed by atoms with Crippen LogP contribution in [0.25, 0.3) is 0 Å². The number of benzene rings is 2. The topological polar surface area (TPSA) is 64.3 Å². The fraction of sp³-hybridized carbons (Fsp3) is 0.188. The molecule has 0 radical (unpaired) electrons. The molecule has 0 unspecified atom stereocenters. The molecule has 21 heavy (non-hydrogen) atoms. The van der Waals surface area contributed by atoms with Gasteiger partial charge in [0.25, 0.3) is 5.91 Å². The molecule has 0 saturated heterocycles. The van der Waals surface area contributed by atoms with Gasteiger partial charge in [-0.05, 0) is 30.7 Å². The first-order valence-corrected chi connectivity index (χ1v) is 6.87. The molecular formula is C16H17ClN2O2. The number of hydrogen-bond donors (Lipinski definition) is 2. The summed E-state index contributed by atoms with van der Waals surface area (Å²) in [5.74, 6) is 0.401. The van der Waals surface area contributed by atoms with Gasteiger partial charge in [-0.15, -0.1) is 0 Å². The lowest BCUT2D eigenvalue weighted by molar-refractivity contribution is 0.0951. The van der Waals surface area contributed by atoms with Gasteiger partial charge in [-0.2, -0.15) is 0 Å². The number of methoxy groups -OCH3 is 1. The van der Waals surface area contributed by atoms with Crippen molar-refractivity contribution in [2.75, 3.05) is 12.8 Å². The van der Waals surface area contributed by atoms with E-state index in [4.69, 9.17) is 22.1 Å². The number of nitrogens with two attached hydrogens (primary N) is 1. The number of carbonyl (C=O) groups excluding carboxylic acids is 1. The molecule has 2 aromatic carbocycles. The largest absolute Gasteiger partial charge is 0.496 e. The number of halogens is 1. The molecule has 3 N–H and O–H groups in total. The summed E-state index contributed by atoms with van der Waals surface area (Å²) in [6.07, 6.45) is 0. The van der Waals surface area contributed by atoms with E-state index in [1.165, 1.54) is 0 Å². The maximum Gasteiger partial charge on any atom is 0.253 e. The molecule has 1 amide bonds. The molecule has 4 nitrogen and oxygen atoms in total. The van der Waals surface area contributed by atoms with Crippen molar-refractivity contribution in [3.05, 3.63) is 58.1 Å². The van der Waals surface area contributed by atoms with E-state index < -0.39 is 0 Å². The van der Waals surface area contributed by atoms with E-state index in [0.717, 1.165) is 11.1 Å². The molecule has 0 aliphatic rings. The summed E-state index contributed by atoms with van der Waals surface area (Å²) in [5, 5.41) is 3.36. The average Bonchev–Trinajstić information content (AvgIpc) is 2.48. The van der Waals surface area contributed by atoms with Crippen molar-refractivity contribution < 1.29 is 9.53 Å². The van der Waals surface area contributed by atoms with Crippen LogP contribution >= 0.6 is 11.6 Å². The normalized spacial score (nSPS) is 10.2. The highest BCUT2D eigenvalue weighted by atomic mass is 35.5. The van der Waals surface area contributed by atoms with Crippen molar-refractivity contribution in [2.24, 2.45) is 0 Å². The number of nitrogen functional groups attached to an aromatic ring is 1. The minimum absolute atomic E-state index is 0.238. The van der Waals surface area contributed by atoms with Gasteiger partial charge in [0, 0.05) is 22.8 Å². The zero-order chi connectivity index (χ0) is 15.4. The van der Waals surface area contributed by atoms with E-state index >= 15 is 0 Å². The number of amides is 1. The Hall–Kier alpha value is -2.20. The molecule has 0 aliphatic carbocycles. The second-order valence-corrected chi connectivity index (χ2v) is 5.05. The Kier molecular flexibility index (Phi) is 4.70. The van der Waals surface area contributed by atoms with E-state index in [1.54, 1.807) is 37.4 Å². The third kappa shape index (κ3) is 3.28. The third-order valence-corrected chi connectivity index (χ3v) is 3.64. The standard InChI is InChI=1S/C16H17ClN2O2/c1-10-5-3-6-11(15(10)18)16(20)19-9-12-13(17)7-4-8-14(12)21-2/h3-8H,9,18H2,1-2H3,(H,19,20). The molecule has 0 atom stereocenters. The monoisotopic (exact) mass is 304 g/mol. The highest BCUT2D eigenvalue weighted by molar-refractivity contribution is 6.31. The number of aryl methyl sites for hydroxylation is 1. The Morgan fingerprint density at radius 3 is 2.71 bits per heavy atom. The second kappa shape index (κ2) is 6.50. The lowest BCUT2D eigenvalue weighted by Crippen LogP contribution is -2.24. The molecular weight excluding hydrogens is 288 g/mol. The molecule has 0 aliphatic heterocycles. The van der Waals surface area contributed by atoms with Crippen LogP contribution < -0.4 is 15.8 Å². The van der Waals surface area contributed by atoms with Crippen molar-refractivity contribution in [1.82, 2.24) is 5.32 Å². The Morgan fingerprint density at radius 1 is 1.29 bits per heavy atom. The molecule has 0 bridgehead atoms. The van der Waals surface area contributed by atoms with Gasteiger partial charge >= 0.3 is 0 Å². The summed E-state index contributed by atoms with van der Waals surface area (Å²) in [5.41, 5.74) is 8.48. The Balaban J connectivity index is 2.17. The Labute approximate surface area is 128 Å². The van der Waals surface area contributed by atoms with Crippen LogP contribution in [0.15, 0.2) is 36.4 Å². The van der Waals surface area contributed by atoms with Crippen LogP contribution in [-0.2, 0) is 6.54 Å². The number of rotatable bonds is 4. The average molecular weight is 305 g/mol. The van der Waals surface area contributed by atoms with E-state index in [2.05, 4.69) is 5.32 Å². The summed E-state index contributed by atoms with van der Waals surface area (Å²) in [7, 11) is 1.57. The van der Waals surface area contributed by atoms with Gasteiger partial charge in [0.2, 0.25) is 0 Å². The Morgan fingerprint density at radius 2 is 2.00 bits per heavy atom. The van der Waals surface area contributed by atoms with E-state index in [-0.39, 0.29) is 12.5 Å². The van der Waals surface area contributed by atoms with Crippen LogP contribution in [0.3, 0.4) is 0 Å². The maximum absolute atomic E-state index is 12.2. The number of anilines is 1. The first-order valence-electron chi connectivity index (χ1n) is 6.49. The quantitative estimate of drug-likeness (QED) is 0.853. The van der Waals surface area contributed by atoms with Gasteiger partial charge in [-0.1, -0.05) is 29.8 Å². The summed E-state index contributed by atoms with van der Waals surface area (Å²) in [4.78, 5) is 12.2. The predicted molar refractivity (Wildman–Crippen MR) is 84.8 cm³/mol. The SMILES string of the molecule is COc1cccc(Cl)c1CNC(=O)c1cccc(C)c1N. The molecule has 0 spiro atoms. The highest BCUT2D eigenvalue weighted by Gasteiger charge is 2.13. The predicted octanol–water partition coefficient (Wildman–Crippen LogP) is 3.17. The van der Waals surface area contributed by atoms with Gasteiger partial charge in [0.1, 0.15) is 5.75 Å². The van der Waals surface area contributed by atoms with Gasteiger partial charge in [-0.25, -0.2) is 0 Å². The first-order chi connectivity index (χ1) is 10.0. The molecule has 0 heterocycles. The number of carbonyl (C=O) groups is 1. The molecule has 2 rings (SSSR count). The van der Waals surface area contributed by atoms with Crippen molar-refractivity contribution in [2.45, 2.75) is 13.5 Å². The van der Waals surface area contributed by atoms with Crippen LogP contribution in [-0.4, -0.2) is 13.0 Å². The number of nitrogens with one attached hydrogen (secondary N) is 1. The van der Waals surface area contributed by atoms with Gasteiger partial charge in [0.05, 0.1) is 12.7 Å². The summed E-state index contributed by atoms with van der Waals surface area (Å²) < 4.78 is 5.25. The van der Waals surface area contributed by atoms with E-state index in [9.17, 15) is 4.79 Å². The van der Waals surface area contributed by atoms with Crippen LogP contribution in [0.4, 0.5) is 5.69 Å². The molecule has 0 fully saturated rings. The third-order valence-electron chi connectivity index (χ3n) is 3.29. The lowest BCUT2D eigenvalue weighted by Gasteiger charge is -2.12. The minimum atomic E-state index is -0.238. The van der Waals surface area contributed by atoms with Crippen LogP contribution in [0.5, 0.6) is 5.75 Å². The van der Waals surface area contributed by atoms with Gasteiger partial charge in [-0.3, -0.25) is 4.79 Å². The van der Waals surface area contributed by atoms with Crippen molar-refractivity contribution in [3.8, 4) is 5.75 Å². The van der Waals surface area contributed by atoms with Crippen LogP contribution in [0.2, 0.25) is 5.02 Å². The van der Waals surface area contributed by atoms with Crippen molar-refractivity contribution in [3.63, 3.8) is 0 Å². The van der Waals surface area contributed by atoms with Crippen molar-refractivity contribution in [1.29, 1.82) is 0 Å². The van der Waals surface area contributed by atoms with Crippen LogP contribution in [0.1, 0.15) is 21.5 Å². The second-order valence-electron chi connectivity index (χ2n) is 4.64. The summed E-state index contributed by atoms with van der Waals surface area (Å²) in [6.45, 7) is 2.14. The minimum Gasteiger partial charge on any atom is -0.496 e. The van der Waals surface area contributed by atoms with Crippen LogP contribution in [0, 0.1) is 6.92 Å². The van der Waals surface area contributed by atoms with Crippen molar-refractivity contribution >= 4 is 23.2 Å². The van der Waals surface area contributed by atoms with Gasteiger partial charge < -0.3 is 15.8 Å². The highest BCUT2D eigenvalue weighted by Crippen LogP contribution is 2.26. The zero-order valence-electron chi connectivity index (χ0n) is 11.9. The maximum atomic E-state index is 12.2. The summed E-state index contributed by atoms with van der Waals surface area (Å²) in [6, 6.07) is 10.7. The molecule has 0 saturated carbocycles. The number of para-hydroxylation sites is 1. The molecule has 5 heteroatoms. The summed E-state index contributed by atoms with van der Waals surface area (Å²) >= 11 is 6.14. The van der Waals surface area contributed by atoms with E-state index in [0.29, 0.717) is 22.0 Å². The fourth-order valence-corrected chi connectivity index (χ4v) is 2.28. The fourth-order valence-electron chi connectivity index (χ4n) is 2.04. The zero-order valence-corrected chi connectivity index (χ0v) is 12.7. The first kappa shape index (κ1) is 15.2. The lowest BCUT2D eigenvalue weighted by atomic mass is 10.1. The number of ether oxygens (including phenoxy) is 1. The smallest absolute Gasteiger partial charge is 0.253 e. The molecule has 2 aromatic rings.